The van der Waals surface area contributed by atoms with E-state index in [-0.39, 0.29) is 29.0 Å². The number of benzene rings is 1. The number of likely N-dealkylation sites (tertiary alicyclic amines) is 1. The number of amides is 1. The molecule has 1 saturated heterocycles. The van der Waals surface area contributed by atoms with Gasteiger partial charge in [0.15, 0.2) is 9.84 Å². The Bertz CT molecular complexity index is 833. The molecule has 0 aliphatic carbocycles. The topological polar surface area (TPSA) is 67.3 Å². The van der Waals surface area contributed by atoms with E-state index in [1.807, 2.05) is 19.1 Å². The molecule has 1 aromatic carbocycles. The van der Waals surface area contributed by atoms with E-state index >= 15 is 0 Å². The van der Waals surface area contributed by atoms with Gasteiger partial charge in [-0.2, -0.15) is 0 Å². The Hall–Kier alpha value is -2.21. The molecule has 0 N–H and O–H groups in total. The molecule has 0 spiro atoms. The maximum absolute atomic E-state index is 12.6. The van der Waals surface area contributed by atoms with Crippen LogP contribution in [0.15, 0.2) is 53.7 Å². The van der Waals surface area contributed by atoms with Crippen LogP contribution in [0.25, 0.3) is 0 Å². The maximum Gasteiger partial charge on any atom is 0.224 e. The van der Waals surface area contributed by atoms with Gasteiger partial charge in [0.05, 0.1) is 16.7 Å². The molecule has 5 nitrogen and oxygen atoms in total. The smallest absolute Gasteiger partial charge is 0.224 e. The lowest BCUT2D eigenvalue weighted by Crippen LogP contribution is -2.31. The van der Waals surface area contributed by atoms with E-state index in [2.05, 4.69) is 4.98 Å². The summed E-state index contributed by atoms with van der Waals surface area (Å²) in [5.74, 6) is -0.260. The summed E-state index contributed by atoms with van der Waals surface area (Å²) >= 11 is 0. The molecule has 0 bridgehead atoms. The van der Waals surface area contributed by atoms with Crippen LogP contribution in [-0.2, 0) is 14.6 Å². The summed E-state index contributed by atoms with van der Waals surface area (Å²) in [6.45, 7) is 2.59. The molecule has 0 radical (unpaired) electrons. The first-order valence-electron chi connectivity index (χ1n) is 8.46. The normalized spacial score (nSPS) is 17.6. The number of sulfone groups is 1. The molecule has 2 heterocycles. The summed E-state index contributed by atoms with van der Waals surface area (Å²) in [4.78, 5) is 18.7. The Labute approximate surface area is 148 Å². The number of aryl methyl sites for hydroxylation is 1. The summed E-state index contributed by atoms with van der Waals surface area (Å²) in [5, 5.41) is 0. The zero-order chi connectivity index (χ0) is 17.9. The largest absolute Gasteiger partial charge is 0.336 e. The molecule has 0 saturated carbocycles. The van der Waals surface area contributed by atoms with E-state index in [1.165, 1.54) is 0 Å². The zero-order valence-electron chi connectivity index (χ0n) is 14.3. The molecule has 2 aromatic rings. The fourth-order valence-electron chi connectivity index (χ4n) is 3.23. The van der Waals surface area contributed by atoms with Gasteiger partial charge in [-0.1, -0.05) is 17.7 Å². The summed E-state index contributed by atoms with van der Waals surface area (Å²) in [7, 11) is -3.44. The number of rotatable bonds is 5. The van der Waals surface area contributed by atoms with Gasteiger partial charge in [0.1, 0.15) is 0 Å². The highest BCUT2D eigenvalue weighted by Gasteiger charge is 2.30. The minimum atomic E-state index is -3.44. The minimum Gasteiger partial charge on any atom is -0.336 e. The Morgan fingerprint density at radius 3 is 2.52 bits per heavy atom. The Kier molecular flexibility index (Phi) is 5.18. The molecule has 1 fully saturated rings. The molecular weight excluding hydrogens is 336 g/mol. The summed E-state index contributed by atoms with van der Waals surface area (Å²) < 4.78 is 24.9. The molecule has 1 aromatic heterocycles. The fourth-order valence-corrected chi connectivity index (χ4v) is 4.46. The third-order valence-corrected chi connectivity index (χ3v) is 6.36. The van der Waals surface area contributed by atoms with Crippen molar-refractivity contribution >= 4 is 15.7 Å². The molecule has 1 unspecified atom stereocenters. The number of carbonyl (C=O) groups is 1. The number of hydrogen-bond acceptors (Lipinski definition) is 4. The monoisotopic (exact) mass is 358 g/mol. The fraction of sp³-hybridized carbons (Fsp3) is 0.368. The van der Waals surface area contributed by atoms with Crippen LogP contribution in [0, 0.1) is 6.92 Å². The number of pyridine rings is 1. The first kappa shape index (κ1) is 17.6. The van der Waals surface area contributed by atoms with Gasteiger partial charge in [-0.25, -0.2) is 8.42 Å². The number of aromatic nitrogens is 1. The molecule has 1 atom stereocenters. The minimum absolute atomic E-state index is 0.0117. The molecule has 3 rings (SSSR count). The number of nitrogens with zero attached hydrogens (tertiary/aromatic N) is 2. The van der Waals surface area contributed by atoms with Crippen LogP contribution in [0.5, 0.6) is 0 Å². The van der Waals surface area contributed by atoms with Crippen molar-refractivity contribution in [2.45, 2.75) is 37.1 Å². The van der Waals surface area contributed by atoms with E-state index < -0.39 is 9.84 Å². The van der Waals surface area contributed by atoms with E-state index in [0.717, 1.165) is 24.0 Å². The van der Waals surface area contributed by atoms with E-state index in [0.29, 0.717) is 6.54 Å². The zero-order valence-corrected chi connectivity index (χ0v) is 15.1. The van der Waals surface area contributed by atoms with Crippen molar-refractivity contribution in [2.24, 2.45) is 0 Å². The average Bonchev–Trinajstić information content (AvgIpc) is 3.11. The van der Waals surface area contributed by atoms with Crippen LogP contribution in [0.4, 0.5) is 0 Å². The molecule has 1 amide bonds. The highest BCUT2D eigenvalue weighted by Crippen LogP contribution is 2.32. The van der Waals surface area contributed by atoms with Crippen LogP contribution < -0.4 is 0 Å². The van der Waals surface area contributed by atoms with Crippen LogP contribution in [0.3, 0.4) is 0 Å². The SMILES string of the molecule is Cc1ccc(S(=O)(=O)CCC(=O)N2CCCC2c2ccncc2)cc1. The van der Waals surface area contributed by atoms with Gasteiger partial charge in [-0.15, -0.1) is 0 Å². The van der Waals surface area contributed by atoms with E-state index in [4.69, 9.17) is 0 Å². The van der Waals surface area contributed by atoms with Crippen molar-refractivity contribution in [3.8, 4) is 0 Å². The summed E-state index contributed by atoms with van der Waals surface area (Å²) in [5.41, 5.74) is 2.06. The van der Waals surface area contributed by atoms with Gasteiger partial charge in [0, 0.05) is 25.4 Å². The third kappa shape index (κ3) is 4.07. The second kappa shape index (κ2) is 7.35. The third-order valence-electron chi connectivity index (χ3n) is 4.63. The van der Waals surface area contributed by atoms with Gasteiger partial charge in [-0.05, 0) is 49.6 Å². The standard InChI is InChI=1S/C19H22N2O3S/c1-15-4-6-17(7-5-15)25(23,24)14-10-19(22)21-13-2-3-18(21)16-8-11-20-12-9-16/h4-9,11-12,18H,2-3,10,13-14H2,1H3. The van der Waals surface area contributed by atoms with E-state index in [1.54, 1.807) is 41.6 Å². The second-order valence-corrected chi connectivity index (χ2v) is 8.52. The summed E-state index contributed by atoms with van der Waals surface area (Å²) in [6.07, 6.45) is 5.29. The van der Waals surface area contributed by atoms with Crippen molar-refractivity contribution in [3.05, 3.63) is 59.9 Å². The number of carbonyl (C=O) groups excluding carboxylic acids is 1. The first-order valence-corrected chi connectivity index (χ1v) is 10.1. The van der Waals surface area contributed by atoms with Crippen molar-refractivity contribution in [1.29, 1.82) is 0 Å². The first-order chi connectivity index (χ1) is 12.0. The lowest BCUT2D eigenvalue weighted by Gasteiger charge is -2.25. The Morgan fingerprint density at radius 1 is 1.16 bits per heavy atom. The highest BCUT2D eigenvalue weighted by molar-refractivity contribution is 7.91. The molecule has 132 valence electrons. The van der Waals surface area contributed by atoms with Gasteiger partial charge in [0.2, 0.25) is 5.91 Å². The van der Waals surface area contributed by atoms with Gasteiger partial charge in [0.25, 0.3) is 0 Å². The van der Waals surface area contributed by atoms with Gasteiger partial charge < -0.3 is 4.90 Å². The van der Waals surface area contributed by atoms with Crippen LogP contribution in [0.1, 0.15) is 36.4 Å². The predicted octanol–water partition coefficient (Wildman–Crippen LogP) is 2.92. The molecule has 1 aliphatic rings. The Balaban J connectivity index is 1.66. The van der Waals surface area contributed by atoms with E-state index in [9.17, 15) is 13.2 Å². The molecule has 1 aliphatic heterocycles. The lowest BCUT2D eigenvalue weighted by atomic mass is 10.1. The van der Waals surface area contributed by atoms with Gasteiger partial charge in [-0.3, -0.25) is 9.78 Å². The highest BCUT2D eigenvalue weighted by atomic mass is 32.2. The quantitative estimate of drug-likeness (QED) is 0.824. The second-order valence-electron chi connectivity index (χ2n) is 6.41. The van der Waals surface area contributed by atoms with Crippen molar-refractivity contribution in [3.63, 3.8) is 0 Å². The van der Waals surface area contributed by atoms with Crippen LogP contribution in [0.2, 0.25) is 0 Å². The van der Waals surface area contributed by atoms with Crippen LogP contribution >= 0.6 is 0 Å². The average molecular weight is 358 g/mol. The molecule has 6 heteroatoms. The van der Waals surface area contributed by atoms with Crippen molar-refractivity contribution < 1.29 is 13.2 Å². The predicted molar refractivity (Wildman–Crippen MR) is 95.8 cm³/mol. The van der Waals surface area contributed by atoms with Crippen LogP contribution in [-0.4, -0.2) is 36.5 Å². The van der Waals surface area contributed by atoms with Crippen molar-refractivity contribution in [1.82, 2.24) is 9.88 Å². The Morgan fingerprint density at radius 2 is 1.84 bits per heavy atom. The maximum atomic E-state index is 12.6. The molecule has 25 heavy (non-hydrogen) atoms. The summed E-state index contributed by atoms with van der Waals surface area (Å²) in [6, 6.07) is 10.6. The van der Waals surface area contributed by atoms with Gasteiger partial charge >= 0.3 is 0 Å². The van der Waals surface area contributed by atoms with Crippen molar-refractivity contribution in [2.75, 3.05) is 12.3 Å². The molecular formula is C19H22N2O3S. The number of hydrogen-bond donors (Lipinski definition) is 0. The lowest BCUT2D eigenvalue weighted by molar-refractivity contribution is -0.131.